The second-order valence-electron chi connectivity index (χ2n) is 8.09. The number of β-amino-alcohol motifs (C(OH)–C–C–N with tert-alkyl or cyclic N) is 1. The molecule has 0 saturated heterocycles. The first-order valence-electron chi connectivity index (χ1n) is 10.4. The van der Waals surface area contributed by atoms with E-state index in [1.807, 2.05) is 13.0 Å². The Kier molecular flexibility index (Phi) is 6.20. The number of pyridine rings is 1. The van der Waals surface area contributed by atoms with Gasteiger partial charge in [-0.3, -0.25) is 0 Å². The summed E-state index contributed by atoms with van der Waals surface area (Å²) in [4.78, 5) is 7.51. The molecule has 0 aliphatic carbocycles. The molecule has 1 aliphatic rings. The zero-order chi connectivity index (χ0) is 24.7. The number of hydrogen-bond donors (Lipinski definition) is 1. The van der Waals surface area contributed by atoms with Gasteiger partial charge in [-0.25, -0.2) is 4.98 Å². The predicted octanol–water partition coefficient (Wildman–Crippen LogP) is 6.03. The summed E-state index contributed by atoms with van der Waals surface area (Å²) in [7, 11) is 0. The molecule has 4 nitrogen and oxygen atoms in total. The number of alkyl halides is 6. The Labute approximate surface area is 192 Å². The van der Waals surface area contributed by atoms with Crippen molar-refractivity contribution in [1.82, 2.24) is 4.98 Å². The van der Waals surface area contributed by atoms with Crippen LogP contribution in [0.3, 0.4) is 0 Å². The highest BCUT2D eigenvalue weighted by Gasteiger charge is 2.43. The van der Waals surface area contributed by atoms with Crippen molar-refractivity contribution in [3.63, 3.8) is 0 Å². The number of anilines is 3. The minimum atomic E-state index is -4.89. The maximum atomic E-state index is 13.4. The van der Waals surface area contributed by atoms with Crippen LogP contribution in [0.2, 0.25) is 0 Å². The lowest BCUT2D eigenvalue weighted by atomic mass is 9.96. The molecule has 1 aromatic heterocycles. The van der Waals surface area contributed by atoms with Crippen LogP contribution < -0.4 is 9.80 Å². The summed E-state index contributed by atoms with van der Waals surface area (Å²) in [6, 6.07) is 13.8. The van der Waals surface area contributed by atoms with Gasteiger partial charge in [-0.15, -0.1) is 0 Å². The number of aryl methyl sites for hydroxylation is 1. The number of hydrogen-bond acceptors (Lipinski definition) is 4. The molecule has 4 rings (SSSR count). The van der Waals surface area contributed by atoms with Crippen molar-refractivity contribution >= 4 is 17.2 Å². The fourth-order valence-corrected chi connectivity index (χ4v) is 4.16. The van der Waals surface area contributed by atoms with E-state index >= 15 is 0 Å². The third kappa shape index (κ3) is 4.68. The van der Waals surface area contributed by atoms with E-state index < -0.39 is 36.6 Å². The quantitative estimate of drug-likeness (QED) is 0.462. The van der Waals surface area contributed by atoms with E-state index in [4.69, 9.17) is 0 Å². The van der Waals surface area contributed by atoms with Gasteiger partial charge in [0.2, 0.25) is 0 Å². The Bertz CT molecular complexity index is 1160. The Morgan fingerprint density at radius 3 is 2.32 bits per heavy atom. The summed E-state index contributed by atoms with van der Waals surface area (Å²) in [5.41, 5.74) is 0.966. The highest BCUT2D eigenvalue weighted by Crippen LogP contribution is 2.45. The van der Waals surface area contributed by atoms with Crippen LogP contribution in [-0.4, -0.2) is 35.5 Å². The molecule has 0 fully saturated rings. The Morgan fingerprint density at radius 2 is 1.68 bits per heavy atom. The number of nitrogens with zero attached hydrogens (tertiary/aromatic N) is 3. The van der Waals surface area contributed by atoms with Crippen molar-refractivity contribution in [1.29, 1.82) is 0 Å². The van der Waals surface area contributed by atoms with Crippen molar-refractivity contribution < 1.29 is 31.4 Å². The number of benzene rings is 2. The van der Waals surface area contributed by atoms with E-state index in [2.05, 4.69) is 4.98 Å². The first-order chi connectivity index (χ1) is 16.0. The Hall–Kier alpha value is -3.27. The van der Waals surface area contributed by atoms with E-state index in [-0.39, 0.29) is 12.1 Å². The lowest BCUT2D eigenvalue weighted by molar-refractivity contribution is -0.200. The van der Waals surface area contributed by atoms with Crippen molar-refractivity contribution in [2.75, 3.05) is 22.9 Å². The van der Waals surface area contributed by atoms with Crippen LogP contribution in [-0.2, 0) is 6.18 Å². The number of para-hydroxylation sites is 2. The fraction of sp³-hybridized carbons (Fsp3) is 0.292. The molecular formula is C24H21F6N3O. The first kappa shape index (κ1) is 23.9. The van der Waals surface area contributed by atoms with Crippen LogP contribution in [0.4, 0.5) is 43.5 Å². The smallest absolute Gasteiger partial charge is 0.382 e. The molecule has 0 bridgehead atoms. The van der Waals surface area contributed by atoms with Crippen LogP contribution in [0, 0.1) is 6.92 Å². The summed E-state index contributed by atoms with van der Waals surface area (Å²) in [5, 5.41) is 9.87. The summed E-state index contributed by atoms with van der Waals surface area (Å²) in [6.45, 7) is 1.02. The molecule has 0 radical (unpaired) electrons. The molecule has 1 N–H and O–H groups in total. The molecule has 10 heteroatoms. The molecule has 1 aliphatic heterocycles. The van der Waals surface area contributed by atoms with Crippen molar-refractivity contribution in [2.45, 2.75) is 31.4 Å². The third-order valence-electron chi connectivity index (χ3n) is 5.80. The summed E-state index contributed by atoms with van der Waals surface area (Å²) < 4.78 is 80.1. The molecule has 0 saturated carbocycles. The molecule has 2 atom stereocenters. The molecule has 34 heavy (non-hydrogen) atoms. The van der Waals surface area contributed by atoms with Gasteiger partial charge in [0.15, 0.2) is 6.10 Å². The lowest BCUT2D eigenvalue weighted by Crippen LogP contribution is -2.48. The molecular weight excluding hydrogens is 460 g/mol. The van der Waals surface area contributed by atoms with Gasteiger partial charge in [0, 0.05) is 12.7 Å². The van der Waals surface area contributed by atoms with Crippen molar-refractivity contribution in [3.05, 3.63) is 83.6 Å². The Balaban J connectivity index is 1.87. The van der Waals surface area contributed by atoms with Gasteiger partial charge in [0.1, 0.15) is 5.82 Å². The summed E-state index contributed by atoms with van der Waals surface area (Å²) >= 11 is 0. The number of rotatable bonds is 4. The molecule has 0 amide bonds. The van der Waals surface area contributed by atoms with Crippen LogP contribution in [0.25, 0.3) is 0 Å². The number of aliphatic hydroxyl groups is 1. The van der Waals surface area contributed by atoms with Gasteiger partial charge in [0.05, 0.1) is 29.5 Å². The van der Waals surface area contributed by atoms with E-state index in [0.29, 0.717) is 17.2 Å². The van der Waals surface area contributed by atoms with E-state index in [0.717, 1.165) is 17.7 Å². The number of halogens is 6. The fourth-order valence-electron chi connectivity index (χ4n) is 4.16. The van der Waals surface area contributed by atoms with E-state index in [1.165, 1.54) is 17.0 Å². The molecule has 2 heterocycles. The normalized spacial score (nSPS) is 17.5. The number of aromatic nitrogens is 1. The van der Waals surface area contributed by atoms with Crippen LogP contribution in [0.1, 0.15) is 22.7 Å². The molecule has 0 spiro atoms. The van der Waals surface area contributed by atoms with Gasteiger partial charge in [0.25, 0.3) is 0 Å². The highest BCUT2D eigenvalue weighted by molar-refractivity contribution is 5.80. The SMILES string of the molecule is Cc1cccnc1N1CC(c2cccc(C(F)(F)F)c2)N(CC(O)C(F)(F)F)c2ccccc21. The minimum absolute atomic E-state index is 0.0285. The average molecular weight is 481 g/mol. The Morgan fingerprint density at radius 1 is 0.971 bits per heavy atom. The maximum Gasteiger partial charge on any atom is 0.416 e. The standard InChI is InChI=1S/C24H21F6N3O/c1-15-6-5-11-31-22(15)33-13-20(16-7-4-8-17(12-16)23(25,26)27)32(14-21(34)24(28,29)30)18-9-2-3-10-19(18)33/h2-12,20-21,34H,13-14H2,1H3. The second-order valence-corrected chi connectivity index (χ2v) is 8.09. The van der Waals surface area contributed by atoms with Gasteiger partial charge in [-0.1, -0.05) is 30.3 Å². The van der Waals surface area contributed by atoms with Gasteiger partial charge < -0.3 is 14.9 Å². The zero-order valence-corrected chi connectivity index (χ0v) is 18.0. The summed E-state index contributed by atoms with van der Waals surface area (Å²) in [6.07, 6.45) is -10.6. The monoisotopic (exact) mass is 481 g/mol. The first-order valence-corrected chi connectivity index (χ1v) is 10.4. The lowest BCUT2D eigenvalue weighted by Gasteiger charge is -2.45. The molecule has 180 valence electrons. The molecule has 3 aromatic rings. The van der Waals surface area contributed by atoms with Gasteiger partial charge in [-0.2, -0.15) is 26.3 Å². The number of aliphatic hydroxyl groups excluding tert-OH is 1. The average Bonchev–Trinajstić information content (AvgIpc) is 2.78. The van der Waals surface area contributed by atoms with E-state index in [1.54, 1.807) is 41.4 Å². The second kappa shape index (κ2) is 8.83. The van der Waals surface area contributed by atoms with Crippen LogP contribution in [0.5, 0.6) is 0 Å². The zero-order valence-electron chi connectivity index (χ0n) is 18.0. The predicted molar refractivity (Wildman–Crippen MR) is 116 cm³/mol. The molecule has 2 unspecified atom stereocenters. The number of fused-ring (bicyclic) bond motifs is 1. The topological polar surface area (TPSA) is 39.6 Å². The van der Waals surface area contributed by atoms with Crippen LogP contribution in [0.15, 0.2) is 66.9 Å². The van der Waals surface area contributed by atoms with Crippen molar-refractivity contribution in [3.8, 4) is 0 Å². The minimum Gasteiger partial charge on any atom is -0.382 e. The van der Waals surface area contributed by atoms with Crippen LogP contribution >= 0.6 is 0 Å². The van der Waals surface area contributed by atoms with Crippen molar-refractivity contribution in [2.24, 2.45) is 0 Å². The summed E-state index contributed by atoms with van der Waals surface area (Å²) in [5.74, 6) is 0.544. The highest BCUT2D eigenvalue weighted by atomic mass is 19.4. The maximum absolute atomic E-state index is 13.4. The largest absolute Gasteiger partial charge is 0.416 e. The van der Waals surface area contributed by atoms with E-state index in [9.17, 15) is 31.4 Å². The molecule has 2 aromatic carbocycles. The third-order valence-corrected chi connectivity index (χ3v) is 5.80. The van der Waals surface area contributed by atoms with Gasteiger partial charge in [-0.05, 0) is 48.4 Å². The van der Waals surface area contributed by atoms with Gasteiger partial charge >= 0.3 is 12.4 Å².